The van der Waals surface area contributed by atoms with Crippen molar-refractivity contribution in [2.45, 2.75) is 31.1 Å². The van der Waals surface area contributed by atoms with Crippen LogP contribution < -0.4 is 5.32 Å². The van der Waals surface area contributed by atoms with Crippen LogP contribution >= 0.6 is 0 Å². The smallest absolute Gasteiger partial charge is 0.151 e. The van der Waals surface area contributed by atoms with E-state index in [1.807, 2.05) is 0 Å². The van der Waals surface area contributed by atoms with Crippen molar-refractivity contribution in [3.05, 3.63) is 11.8 Å². The predicted octanol–water partition coefficient (Wildman–Crippen LogP) is 0.702. The molecule has 0 spiro atoms. The van der Waals surface area contributed by atoms with Gasteiger partial charge >= 0.3 is 0 Å². The van der Waals surface area contributed by atoms with Gasteiger partial charge in [0.1, 0.15) is 0 Å². The van der Waals surface area contributed by atoms with Gasteiger partial charge in [0.2, 0.25) is 0 Å². The molecule has 0 radical (unpaired) electrons. The Morgan fingerprint density at radius 1 is 1.53 bits per heavy atom. The van der Waals surface area contributed by atoms with Crippen LogP contribution in [-0.2, 0) is 14.6 Å². The van der Waals surface area contributed by atoms with Crippen molar-refractivity contribution in [2.24, 2.45) is 0 Å². The highest BCUT2D eigenvalue weighted by Crippen LogP contribution is 2.20. The standard InChI is InChI=1S/C10H19NO3S/c1-8(15(3,12)13)10(11-2)9-5-4-6-14-7-9/h7-8,10-11H,4-6H2,1-3H3. The van der Waals surface area contributed by atoms with Crippen LogP contribution in [0.3, 0.4) is 0 Å². The van der Waals surface area contributed by atoms with E-state index >= 15 is 0 Å². The number of hydrogen-bond acceptors (Lipinski definition) is 4. The molecule has 0 aromatic carbocycles. The molecule has 1 aliphatic rings. The predicted molar refractivity (Wildman–Crippen MR) is 60.4 cm³/mol. The molecular weight excluding hydrogens is 214 g/mol. The number of likely N-dealkylation sites (N-methyl/N-ethyl adjacent to an activating group) is 1. The van der Waals surface area contributed by atoms with Crippen LogP contribution in [-0.4, -0.2) is 39.6 Å². The molecule has 0 fully saturated rings. The Kier molecular flexibility index (Phi) is 4.16. The summed E-state index contributed by atoms with van der Waals surface area (Å²) in [5.41, 5.74) is 1.04. The summed E-state index contributed by atoms with van der Waals surface area (Å²) >= 11 is 0. The van der Waals surface area contributed by atoms with Crippen LogP contribution in [0.5, 0.6) is 0 Å². The first-order valence-electron chi connectivity index (χ1n) is 5.13. The van der Waals surface area contributed by atoms with Crippen molar-refractivity contribution in [2.75, 3.05) is 19.9 Å². The Morgan fingerprint density at radius 3 is 2.60 bits per heavy atom. The van der Waals surface area contributed by atoms with Crippen molar-refractivity contribution in [1.82, 2.24) is 5.32 Å². The van der Waals surface area contributed by atoms with Crippen LogP contribution in [0.2, 0.25) is 0 Å². The van der Waals surface area contributed by atoms with E-state index in [4.69, 9.17) is 4.74 Å². The molecule has 0 aliphatic carbocycles. The van der Waals surface area contributed by atoms with E-state index in [1.165, 1.54) is 6.26 Å². The molecule has 15 heavy (non-hydrogen) atoms. The Balaban J connectivity index is 2.83. The summed E-state index contributed by atoms with van der Waals surface area (Å²) in [6.45, 7) is 2.46. The zero-order valence-electron chi connectivity index (χ0n) is 9.49. The van der Waals surface area contributed by atoms with Crippen molar-refractivity contribution in [1.29, 1.82) is 0 Å². The van der Waals surface area contributed by atoms with Gasteiger partial charge in [0, 0.05) is 12.3 Å². The Labute approximate surface area is 91.6 Å². The van der Waals surface area contributed by atoms with Gasteiger partial charge in [-0.05, 0) is 32.4 Å². The summed E-state index contributed by atoms with van der Waals surface area (Å²) in [4.78, 5) is 0. The van der Waals surface area contributed by atoms with E-state index in [1.54, 1.807) is 20.2 Å². The zero-order chi connectivity index (χ0) is 11.5. The minimum atomic E-state index is -3.02. The third kappa shape index (κ3) is 3.21. The van der Waals surface area contributed by atoms with Crippen molar-refractivity contribution < 1.29 is 13.2 Å². The number of hydrogen-bond donors (Lipinski definition) is 1. The molecule has 0 bridgehead atoms. The first-order chi connectivity index (χ1) is 6.96. The number of ether oxygens (including phenoxy) is 1. The van der Waals surface area contributed by atoms with Gasteiger partial charge < -0.3 is 10.1 Å². The molecule has 88 valence electrons. The quantitative estimate of drug-likeness (QED) is 0.776. The minimum Gasteiger partial charge on any atom is -0.501 e. The fraction of sp³-hybridized carbons (Fsp3) is 0.800. The molecular formula is C10H19NO3S. The fourth-order valence-corrected chi connectivity index (χ4v) is 2.59. The van der Waals surface area contributed by atoms with Crippen LogP contribution in [0.1, 0.15) is 19.8 Å². The second-order valence-corrected chi connectivity index (χ2v) is 6.37. The van der Waals surface area contributed by atoms with Crippen LogP contribution in [0.15, 0.2) is 11.8 Å². The van der Waals surface area contributed by atoms with Gasteiger partial charge in [0.05, 0.1) is 18.1 Å². The highest BCUT2D eigenvalue weighted by Gasteiger charge is 2.28. The van der Waals surface area contributed by atoms with Gasteiger partial charge in [0.25, 0.3) is 0 Å². The summed E-state index contributed by atoms with van der Waals surface area (Å²) in [7, 11) is -1.24. The lowest BCUT2D eigenvalue weighted by Crippen LogP contribution is -2.42. The van der Waals surface area contributed by atoms with E-state index in [9.17, 15) is 8.42 Å². The first-order valence-corrected chi connectivity index (χ1v) is 7.09. The monoisotopic (exact) mass is 233 g/mol. The normalized spacial score (nSPS) is 21.4. The SMILES string of the molecule is CNC(C1=COCCC1)C(C)S(C)(=O)=O. The summed E-state index contributed by atoms with van der Waals surface area (Å²) in [5, 5.41) is 2.63. The Morgan fingerprint density at radius 2 is 2.20 bits per heavy atom. The lowest BCUT2D eigenvalue weighted by molar-refractivity contribution is 0.219. The molecule has 1 rings (SSSR count). The summed E-state index contributed by atoms with van der Waals surface area (Å²) < 4.78 is 28.2. The summed E-state index contributed by atoms with van der Waals surface area (Å²) in [6, 6.07) is -0.139. The average Bonchev–Trinajstić information content (AvgIpc) is 2.19. The van der Waals surface area contributed by atoms with Crippen LogP contribution in [0, 0.1) is 0 Å². The number of nitrogens with one attached hydrogen (secondary N) is 1. The largest absolute Gasteiger partial charge is 0.501 e. The Bertz CT molecular complexity index is 335. The molecule has 1 N–H and O–H groups in total. The zero-order valence-corrected chi connectivity index (χ0v) is 10.3. The van der Waals surface area contributed by atoms with Crippen molar-refractivity contribution in [3.63, 3.8) is 0 Å². The van der Waals surface area contributed by atoms with Gasteiger partial charge in [-0.3, -0.25) is 0 Å². The molecule has 0 aromatic heterocycles. The third-order valence-electron chi connectivity index (χ3n) is 2.82. The molecule has 0 amide bonds. The van der Waals surface area contributed by atoms with E-state index in [2.05, 4.69) is 5.32 Å². The maximum absolute atomic E-state index is 11.5. The third-order valence-corrected chi connectivity index (χ3v) is 4.44. The highest BCUT2D eigenvalue weighted by molar-refractivity contribution is 7.91. The molecule has 1 aliphatic heterocycles. The second-order valence-electron chi connectivity index (χ2n) is 3.97. The van der Waals surface area contributed by atoms with E-state index in [0.29, 0.717) is 0 Å². The Hall–Kier alpha value is -0.550. The van der Waals surface area contributed by atoms with E-state index in [-0.39, 0.29) is 6.04 Å². The van der Waals surface area contributed by atoms with E-state index < -0.39 is 15.1 Å². The molecule has 5 heteroatoms. The fourth-order valence-electron chi connectivity index (χ4n) is 1.78. The van der Waals surface area contributed by atoms with Crippen molar-refractivity contribution >= 4 is 9.84 Å². The molecule has 0 saturated heterocycles. The maximum Gasteiger partial charge on any atom is 0.151 e. The lowest BCUT2D eigenvalue weighted by atomic mass is 10.00. The van der Waals surface area contributed by atoms with Gasteiger partial charge in [-0.1, -0.05) is 0 Å². The number of sulfone groups is 1. The average molecular weight is 233 g/mol. The minimum absolute atomic E-state index is 0.139. The van der Waals surface area contributed by atoms with Crippen LogP contribution in [0.25, 0.3) is 0 Å². The summed E-state index contributed by atoms with van der Waals surface area (Å²) in [5.74, 6) is 0. The van der Waals surface area contributed by atoms with Gasteiger partial charge in [-0.25, -0.2) is 8.42 Å². The molecule has 1 heterocycles. The molecule has 0 saturated carbocycles. The van der Waals surface area contributed by atoms with E-state index in [0.717, 1.165) is 25.0 Å². The molecule has 2 atom stereocenters. The maximum atomic E-state index is 11.5. The molecule has 0 aromatic rings. The molecule has 4 nitrogen and oxygen atoms in total. The lowest BCUT2D eigenvalue weighted by Gasteiger charge is -2.26. The highest BCUT2D eigenvalue weighted by atomic mass is 32.2. The number of rotatable bonds is 4. The van der Waals surface area contributed by atoms with Gasteiger partial charge in [-0.15, -0.1) is 0 Å². The van der Waals surface area contributed by atoms with Gasteiger partial charge in [-0.2, -0.15) is 0 Å². The second kappa shape index (κ2) is 4.99. The van der Waals surface area contributed by atoms with Crippen LogP contribution in [0.4, 0.5) is 0 Å². The first kappa shape index (κ1) is 12.5. The summed E-state index contributed by atoms with van der Waals surface area (Å²) in [6.07, 6.45) is 4.84. The van der Waals surface area contributed by atoms with Crippen molar-refractivity contribution in [3.8, 4) is 0 Å². The van der Waals surface area contributed by atoms with Gasteiger partial charge in [0.15, 0.2) is 9.84 Å². The topological polar surface area (TPSA) is 55.4 Å². The molecule has 2 unspecified atom stereocenters.